The molecule has 0 N–H and O–H groups in total. The molecule has 0 bridgehead atoms. The highest BCUT2D eigenvalue weighted by Crippen LogP contribution is 2.34. The molecule has 0 unspecified atom stereocenters. The standard InChI is InChI=1S/C25H13F3N6O3/c26-25(27,28)21-12-19(17-6-5-14-3-1-2-4-16(14)11-17)29-22-13-20(31-33(21)22)24-30-23(32-37-24)15-7-9-18(10-8-15)34(35)36/h1-13H. The lowest BCUT2D eigenvalue weighted by atomic mass is 10.0. The quantitative estimate of drug-likeness (QED) is 0.209. The van der Waals surface area contributed by atoms with Crippen molar-refractivity contribution in [2.75, 3.05) is 0 Å². The van der Waals surface area contributed by atoms with Gasteiger partial charge in [0, 0.05) is 29.3 Å². The second-order valence-corrected chi connectivity index (χ2v) is 8.11. The third-order valence-electron chi connectivity index (χ3n) is 5.74. The molecular formula is C25H13F3N6O3. The Hall–Kier alpha value is -5.13. The third-order valence-corrected chi connectivity index (χ3v) is 5.74. The minimum Gasteiger partial charge on any atom is -0.332 e. The molecule has 182 valence electrons. The fraction of sp³-hybridized carbons (Fsp3) is 0.0400. The lowest BCUT2D eigenvalue weighted by Crippen LogP contribution is -2.13. The van der Waals surface area contributed by atoms with Crippen molar-refractivity contribution in [1.82, 2.24) is 24.7 Å². The predicted octanol–water partition coefficient (Wildman–Crippen LogP) is 6.19. The van der Waals surface area contributed by atoms with Gasteiger partial charge in [-0.2, -0.15) is 23.3 Å². The van der Waals surface area contributed by atoms with Gasteiger partial charge in [0.2, 0.25) is 5.82 Å². The molecule has 12 heteroatoms. The van der Waals surface area contributed by atoms with Crippen molar-refractivity contribution in [3.8, 4) is 34.2 Å². The Labute approximate surface area is 205 Å². The van der Waals surface area contributed by atoms with E-state index in [1.165, 1.54) is 30.3 Å². The zero-order valence-corrected chi connectivity index (χ0v) is 18.5. The molecule has 3 heterocycles. The van der Waals surface area contributed by atoms with E-state index in [0.717, 1.165) is 16.8 Å². The van der Waals surface area contributed by atoms with Crippen LogP contribution >= 0.6 is 0 Å². The zero-order chi connectivity index (χ0) is 25.7. The van der Waals surface area contributed by atoms with Gasteiger partial charge in [-0.25, -0.2) is 9.50 Å². The molecule has 0 saturated heterocycles. The molecule has 0 saturated carbocycles. The number of non-ortho nitro benzene ring substituents is 1. The van der Waals surface area contributed by atoms with Gasteiger partial charge in [-0.05, 0) is 35.0 Å². The van der Waals surface area contributed by atoms with Crippen LogP contribution in [0.1, 0.15) is 5.69 Å². The normalized spacial score (nSPS) is 11.9. The van der Waals surface area contributed by atoms with E-state index in [2.05, 4.69) is 20.2 Å². The van der Waals surface area contributed by atoms with Crippen LogP contribution in [0.25, 0.3) is 50.6 Å². The van der Waals surface area contributed by atoms with Crippen LogP contribution in [0.3, 0.4) is 0 Å². The average molecular weight is 502 g/mol. The number of fused-ring (bicyclic) bond motifs is 2. The Balaban J connectivity index is 1.43. The minimum absolute atomic E-state index is 0.00526. The summed E-state index contributed by atoms with van der Waals surface area (Å²) < 4.78 is 47.9. The van der Waals surface area contributed by atoms with Gasteiger partial charge < -0.3 is 4.52 Å². The summed E-state index contributed by atoms with van der Waals surface area (Å²) in [6, 6.07) is 20.6. The molecule has 6 aromatic rings. The van der Waals surface area contributed by atoms with Gasteiger partial charge >= 0.3 is 6.18 Å². The summed E-state index contributed by atoms with van der Waals surface area (Å²) in [5.41, 5.74) is -0.0981. The molecule has 6 rings (SSSR count). The number of aromatic nitrogens is 5. The Morgan fingerprint density at radius 1 is 0.838 bits per heavy atom. The first-order chi connectivity index (χ1) is 17.8. The molecule has 9 nitrogen and oxygen atoms in total. The predicted molar refractivity (Wildman–Crippen MR) is 126 cm³/mol. The maximum atomic E-state index is 14.0. The Kier molecular flexibility index (Phi) is 4.97. The van der Waals surface area contributed by atoms with Gasteiger partial charge in [0.25, 0.3) is 11.6 Å². The largest absolute Gasteiger partial charge is 0.433 e. The summed E-state index contributed by atoms with van der Waals surface area (Å²) in [5, 5.41) is 20.5. The molecule has 37 heavy (non-hydrogen) atoms. The first-order valence-electron chi connectivity index (χ1n) is 10.8. The fourth-order valence-corrected chi connectivity index (χ4v) is 3.95. The topological polar surface area (TPSA) is 112 Å². The maximum Gasteiger partial charge on any atom is 0.433 e. The highest BCUT2D eigenvalue weighted by molar-refractivity contribution is 5.87. The molecule has 0 atom stereocenters. The van der Waals surface area contributed by atoms with Crippen LogP contribution < -0.4 is 0 Å². The molecule has 3 aromatic heterocycles. The highest BCUT2D eigenvalue weighted by atomic mass is 19.4. The Bertz CT molecular complexity index is 1810. The van der Waals surface area contributed by atoms with E-state index >= 15 is 0 Å². The number of rotatable bonds is 4. The summed E-state index contributed by atoms with van der Waals surface area (Å²) in [7, 11) is 0. The zero-order valence-electron chi connectivity index (χ0n) is 18.5. The SMILES string of the molecule is O=[N+]([O-])c1ccc(-c2noc(-c3cc4nc(-c5ccc6ccccc6c5)cc(C(F)(F)F)n4n3)n2)cc1. The molecular weight excluding hydrogens is 489 g/mol. The molecule has 0 aliphatic rings. The minimum atomic E-state index is -4.71. The molecule has 0 aliphatic carbocycles. The first kappa shape index (κ1) is 22.3. The number of nitro groups is 1. The van der Waals surface area contributed by atoms with Crippen LogP contribution in [0, 0.1) is 10.1 Å². The van der Waals surface area contributed by atoms with E-state index in [0.29, 0.717) is 15.6 Å². The number of hydrogen-bond donors (Lipinski definition) is 0. The van der Waals surface area contributed by atoms with E-state index in [-0.39, 0.29) is 34.4 Å². The van der Waals surface area contributed by atoms with Crippen LogP contribution in [0.15, 0.2) is 83.4 Å². The molecule has 0 spiro atoms. The molecule has 0 amide bonds. The second-order valence-electron chi connectivity index (χ2n) is 8.11. The second kappa shape index (κ2) is 8.22. The fourth-order valence-electron chi connectivity index (χ4n) is 3.95. The molecule has 0 fully saturated rings. The number of nitrogens with zero attached hydrogens (tertiary/aromatic N) is 6. The molecule has 0 radical (unpaired) electrons. The van der Waals surface area contributed by atoms with Gasteiger partial charge in [-0.1, -0.05) is 41.6 Å². The lowest BCUT2D eigenvalue weighted by molar-refractivity contribution is -0.384. The van der Waals surface area contributed by atoms with E-state index in [1.54, 1.807) is 12.1 Å². The van der Waals surface area contributed by atoms with Crippen LogP contribution in [0.5, 0.6) is 0 Å². The third kappa shape index (κ3) is 4.03. The van der Waals surface area contributed by atoms with Crippen molar-refractivity contribution in [3.05, 3.63) is 94.7 Å². The van der Waals surface area contributed by atoms with Gasteiger partial charge in [0.1, 0.15) is 0 Å². The van der Waals surface area contributed by atoms with Gasteiger partial charge in [-0.3, -0.25) is 10.1 Å². The maximum absolute atomic E-state index is 14.0. The summed E-state index contributed by atoms with van der Waals surface area (Å²) in [6.07, 6.45) is -4.71. The van der Waals surface area contributed by atoms with Crippen LogP contribution in [0.2, 0.25) is 0 Å². The van der Waals surface area contributed by atoms with Crippen molar-refractivity contribution in [1.29, 1.82) is 0 Å². The lowest BCUT2D eigenvalue weighted by Gasteiger charge is -2.11. The molecule has 0 aliphatic heterocycles. The van der Waals surface area contributed by atoms with Crippen molar-refractivity contribution in [2.24, 2.45) is 0 Å². The van der Waals surface area contributed by atoms with Crippen molar-refractivity contribution in [2.45, 2.75) is 6.18 Å². The Morgan fingerprint density at radius 2 is 1.57 bits per heavy atom. The van der Waals surface area contributed by atoms with Crippen LogP contribution in [-0.2, 0) is 6.18 Å². The first-order valence-corrected chi connectivity index (χ1v) is 10.8. The smallest absolute Gasteiger partial charge is 0.332 e. The number of benzene rings is 3. The Morgan fingerprint density at radius 3 is 2.30 bits per heavy atom. The van der Waals surface area contributed by atoms with Gasteiger partial charge in [0.15, 0.2) is 17.0 Å². The molecule has 3 aromatic carbocycles. The summed E-state index contributed by atoms with van der Waals surface area (Å²) in [6.45, 7) is 0. The van der Waals surface area contributed by atoms with Crippen molar-refractivity contribution < 1.29 is 22.6 Å². The van der Waals surface area contributed by atoms with E-state index in [9.17, 15) is 23.3 Å². The van der Waals surface area contributed by atoms with Gasteiger partial charge in [-0.15, -0.1) is 0 Å². The number of halogens is 3. The van der Waals surface area contributed by atoms with E-state index < -0.39 is 16.8 Å². The summed E-state index contributed by atoms with van der Waals surface area (Å²) >= 11 is 0. The van der Waals surface area contributed by atoms with Crippen LogP contribution in [-0.4, -0.2) is 29.7 Å². The average Bonchev–Trinajstić information content (AvgIpc) is 3.55. The van der Waals surface area contributed by atoms with E-state index in [1.807, 2.05) is 30.3 Å². The summed E-state index contributed by atoms with van der Waals surface area (Å²) in [5.74, 6) is -0.0259. The van der Waals surface area contributed by atoms with Crippen molar-refractivity contribution >= 4 is 22.1 Å². The highest BCUT2D eigenvalue weighted by Gasteiger charge is 2.35. The number of nitro benzene ring substituents is 1. The number of alkyl halides is 3. The summed E-state index contributed by atoms with van der Waals surface area (Å²) in [4.78, 5) is 18.9. The van der Waals surface area contributed by atoms with E-state index in [4.69, 9.17) is 4.52 Å². The van der Waals surface area contributed by atoms with Crippen LogP contribution in [0.4, 0.5) is 18.9 Å². The monoisotopic (exact) mass is 502 g/mol. The van der Waals surface area contributed by atoms with Crippen molar-refractivity contribution in [3.63, 3.8) is 0 Å². The number of hydrogen-bond acceptors (Lipinski definition) is 7. The van der Waals surface area contributed by atoms with Gasteiger partial charge in [0.05, 0.1) is 10.6 Å².